The quantitative estimate of drug-likeness (QED) is 0.714. The Balaban J connectivity index is 1.30. The van der Waals surface area contributed by atoms with Crippen molar-refractivity contribution in [3.63, 3.8) is 0 Å². The summed E-state index contributed by atoms with van der Waals surface area (Å²) in [6.07, 6.45) is 5.92. The third-order valence-electron chi connectivity index (χ3n) is 4.80. The molecule has 4 rings (SSSR count). The van der Waals surface area contributed by atoms with Gasteiger partial charge in [0.1, 0.15) is 5.82 Å². The summed E-state index contributed by atoms with van der Waals surface area (Å²) in [7, 11) is 2.06. The molecular formula is C19H24N6. The van der Waals surface area contributed by atoms with Crippen LogP contribution in [-0.2, 0) is 20.1 Å². The molecule has 1 saturated heterocycles. The van der Waals surface area contributed by atoms with Crippen molar-refractivity contribution < 1.29 is 0 Å². The van der Waals surface area contributed by atoms with Crippen LogP contribution in [0.4, 0.5) is 0 Å². The van der Waals surface area contributed by atoms with Crippen LogP contribution in [0.25, 0.3) is 5.69 Å². The van der Waals surface area contributed by atoms with Crippen molar-refractivity contribution in [1.29, 1.82) is 0 Å². The zero-order valence-corrected chi connectivity index (χ0v) is 14.6. The summed E-state index contributed by atoms with van der Waals surface area (Å²) in [6.45, 7) is 6.14. The molecule has 0 unspecified atom stereocenters. The summed E-state index contributed by atoms with van der Waals surface area (Å²) >= 11 is 0. The Morgan fingerprint density at radius 2 is 1.60 bits per heavy atom. The molecule has 0 N–H and O–H groups in total. The highest BCUT2D eigenvalue weighted by atomic mass is 15.3. The number of aromatic nitrogens is 4. The zero-order chi connectivity index (χ0) is 17.1. The number of benzene rings is 1. The van der Waals surface area contributed by atoms with E-state index >= 15 is 0 Å². The number of para-hydroxylation sites is 1. The molecule has 0 amide bonds. The predicted octanol–water partition coefficient (Wildman–Crippen LogP) is 1.92. The predicted molar refractivity (Wildman–Crippen MR) is 97.3 cm³/mol. The highest BCUT2D eigenvalue weighted by Crippen LogP contribution is 2.11. The van der Waals surface area contributed by atoms with Crippen LogP contribution in [0.2, 0.25) is 0 Å². The topological polar surface area (TPSA) is 42.1 Å². The summed E-state index contributed by atoms with van der Waals surface area (Å²) in [5.74, 6) is 1.13. The van der Waals surface area contributed by atoms with Gasteiger partial charge in [-0.25, -0.2) is 9.67 Å². The Labute approximate surface area is 148 Å². The Bertz CT molecular complexity index is 798. The lowest BCUT2D eigenvalue weighted by atomic mass is 10.3. The van der Waals surface area contributed by atoms with E-state index in [0.29, 0.717) is 0 Å². The third kappa shape index (κ3) is 3.81. The van der Waals surface area contributed by atoms with Crippen LogP contribution in [0.15, 0.2) is 55.0 Å². The van der Waals surface area contributed by atoms with E-state index in [1.54, 1.807) is 0 Å². The van der Waals surface area contributed by atoms with Crippen molar-refractivity contribution in [3.05, 3.63) is 66.5 Å². The molecule has 1 aliphatic heterocycles. The Kier molecular flexibility index (Phi) is 4.63. The number of piperazine rings is 1. The minimum atomic E-state index is 0.913. The first-order valence-electron chi connectivity index (χ1n) is 8.79. The van der Waals surface area contributed by atoms with E-state index in [1.807, 2.05) is 41.5 Å². The number of hydrogen-bond donors (Lipinski definition) is 0. The van der Waals surface area contributed by atoms with Gasteiger partial charge in [-0.05, 0) is 18.2 Å². The minimum absolute atomic E-state index is 0.913. The Morgan fingerprint density at radius 1 is 0.880 bits per heavy atom. The Morgan fingerprint density at radius 3 is 2.28 bits per heavy atom. The molecule has 1 aliphatic rings. The lowest BCUT2D eigenvalue weighted by molar-refractivity contribution is 0.118. The summed E-state index contributed by atoms with van der Waals surface area (Å²) in [4.78, 5) is 9.38. The average Bonchev–Trinajstić information content (AvgIpc) is 3.27. The van der Waals surface area contributed by atoms with Crippen LogP contribution in [0, 0.1) is 0 Å². The molecule has 0 bridgehead atoms. The molecule has 6 nitrogen and oxygen atoms in total. The van der Waals surface area contributed by atoms with Gasteiger partial charge in [-0.1, -0.05) is 18.2 Å². The van der Waals surface area contributed by atoms with E-state index in [0.717, 1.165) is 56.5 Å². The molecule has 1 fully saturated rings. The zero-order valence-electron chi connectivity index (χ0n) is 14.6. The second-order valence-electron chi connectivity index (χ2n) is 6.59. The fourth-order valence-electron chi connectivity index (χ4n) is 3.25. The van der Waals surface area contributed by atoms with Gasteiger partial charge < -0.3 is 4.57 Å². The van der Waals surface area contributed by atoms with E-state index in [9.17, 15) is 0 Å². The number of rotatable bonds is 5. The molecule has 0 saturated carbocycles. The molecule has 3 heterocycles. The molecule has 6 heteroatoms. The minimum Gasteiger partial charge on any atom is -0.337 e. The molecule has 1 aromatic carbocycles. The van der Waals surface area contributed by atoms with Gasteiger partial charge in [0.15, 0.2) is 0 Å². The maximum absolute atomic E-state index is 4.71. The first-order valence-corrected chi connectivity index (χ1v) is 8.79. The van der Waals surface area contributed by atoms with Crippen molar-refractivity contribution in [2.45, 2.75) is 13.1 Å². The van der Waals surface area contributed by atoms with Crippen molar-refractivity contribution in [1.82, 2.24) is 29.1 Å². The van der Waals surface area contributed by atoms with Crippen LogP contribution in [-0.4, -0.2) is 55.3 Å². The number of hydrogen-bond acceptors (Lipinski definition) is 4. The first kappa shape index (κ1) is 16.1. The second kappa shape index (κ2) is 7.21. The molecule has 25 heavy (non-hydrogen) atoms. The van der Waals surface area contributed by atoms with Gasteiger partial charge in [-0.3, -0.25) is 9.80 Å². The molecule has 130 valence electrons. The molecule has 0 aliphatic carbocycles. The number of aryl methyl sites for hydroxylation is 1. The molecule has 3 aromatic rings. The summed E-state index contributed by atoms with van der Waals surface area (Å²) < 4.78 is 4.05. The molecular weight excluding hydrogens is 312 g/mol. The highest BCUT2D eigenvalue weighted by molar-refractivity contribution is 5.30. The van der Waals surface area contributed by atoms with Crippen molar-refractivity contribution >= 4 is 0 Å². The van der Waals surface area contributed by atoms with Gasteiger partial charge in [0, 0.05) is 58.4 Å². The van der Waals surface area contributed by atoms with Crippen molar-refractivity contribution in [2.24, 2.45) is 7.05 Å². The fourth-order valence-corrected chi connectivity index (χ4v) is 3.25. The fraction of sp³-hybridized carbons (Fsp3) is 0.368. The third-order valence-corrected chi connectivity index (χ3v) is 4.80. The SMILES string of the molecule is Cn1ccnc1CN1CCN(Cc2ccn(-c3ccccc3)n2)CC1. The van der Waals surface area contributed by atoms with Gasteiger partial charge in [-0.2, -0.15) is 5.10 Å². The van der Waals surface area contributed by atoms with E-state index < -0.39 is 0 Å². The maximum atomic E-state index is 4.71. The molecule has 0 radical (unpaired) electrons. The Hall–Kier alpha value is -2.44. The number of nitrogens with zero attached hydrogens (tertiary/aromatic N) is 6. The lowest BCUT2D eigenvalue weighted by Gasteiger charge is -2.34. The summed E-state index contributed by atoms with van der Waals surface area (Å²) in [6, 6.07) is 12.4. The van der Waals surface area contributed by atoms with Crippen LogP contribution in [0.5, 0.6) is 0 Å². The normalized spacial score (nSPS) is 16.4. The molecule has 0 atom stereocenters. The summed E-state index contributed by atoms with van der Waals surface area (Å²) in [5.41, 5.74) is 2.23. The summed E-state index contributed by atoms with van der Waals surface area (Å²) in [5, 5.41) is 4.71. The second-order valence-corrected chi connectivity index (χ2v) is 6.59. The maximum Gasteiger partial charge on any atom is 0.122 e. The van der Waals surface area contributed by atoms with Crippen LogP contribution < -0.4 is 0 Å². The molecule has 0 spiro atoms. The van der Waals surface area contributed by atoms with Crippen LogP contribution >= 0.6 is 0 Å². The van der Waals surface area contributed by atoms with Crippen molar-refractivity contribution in [3.8, 4) is 5.69 Å². The number of imidazole rings is 1. The first-order chi connectivity index (χ1) is 12.3. The molecule has 2 aromatic heterocycles. The van der Waals surface area contributed by atoms with Gasteiger partial charge in [0.2, 0.25) is 0 Å². The lowest BCUT2D eigenvalue weighted by Crippen LogP contribution is -2.45. The van der Waals surface area contributed by atoms with Gasteiger partial charge in [0.05, 0.1) is 17.9 Å². The monoisotopic (exact) mass is 336 g/mol. The van der Waals surface area contributed by atoms with E-state index in [1.165, 1.54) is 0 Å². The van der Waals surface area contributed by atoms with Gasteiger partial charge in [0.25, 0.3) is 0 Å². The van der Waals surface area contributed by atoms with E-state index in [-0.39, 0.29) is 0 Å². The van der Waals surface area contributed by atoms with E-state index in [2.05, 4.69) is 44.6 Å². The van der Waals surface area contributed by atoms with E-state index in [4.69, 9.17) is 5.10 Å². The largest absolute Gasteiger partial charge is 0.337 e. The van der Waals surface area contributed by atoms with Crippen LogP contribution in [0.3, 0.4) is 0 Å². The van der Waals surface area contributed by atoms with Crippen LogP contribution in [0.1, 0.15) is 11.5 Å². The van der Waals surface area contributed by atoms with Crippen molar-refractivity contribution in [2.75, 3.05) is 26.2 Å². The van der Waals surface area contributed by atoms with Gasteiger partial charge in [-0.15, -0.1) is 0 Å². The van der Waals surface area contributed by atoms with Gasteiger partial charge >= 0.3 is 0 Å². The standard InChI is InChI=1S/C19H24N6/c1-22-10-8-20-19(22)16-24-13-11-23(12-14-24)15-17-7-9-25(21-17)18-5-3-2-4-6-18/h2-10H,11-16H2,1H3. The smallest absolute Gasteiger partial charge is 0.122 e. The average molecular weight is 336 g/mol. The highest BCUT2D eigenvalue weighted by Gasteiger charge is 2.19.